The second-order valence-corrected chi connectivity index (χ2v) is 7.57. The smallest absolute Gasteiger partial charge is 0.332 e. The first-order valence-electron chi connectivity index (χ1n) is 10.0. The lowest BCUT2D eigenvalue weighted by atomic mass is 9.68. The summed E-state index contributed by atoms with van der Waals surface area (Å²) < 4.78 is 5.20. The summed E-state index contributed by atoms with van der Waals surface area (Å²) in [7, 11) is 0. The molecule has 0 aromatic heterocycles. The van der Waals surface area contributed by atoms with Crippen LogP contribution in [0.1, 0.15) is 37.3 Å². The number of esters is 1. The summed E-state index contributed by atoms with van der Waals surface area (Å²) in [6.07, 6.45) is 4.35. The van der Waals surface area contributed by atoms with Crippen LogP contribution in [0.5, 0.6) is 0 Å². The van der Waals surface area contributed by atoms with Crippen LogP contribution < -0.4 is 5.73 Å². The molecule has 1 aliphatic heterocycles. The summed E-state index contributed by atoms with van der Waals surface area (Å²) >= 11 is 0. The molecule has 0 radical (unpaired) electrons. The molecule has 0 unspecified atom stereocenters. The van der Waals surface area contributed by atoms with Gasteiger partial charge in [-0.15, -0.1) is 0 Å². The van der Waals surface area contributed by atoms with Gasteiger partial charge in [0.15, 0.2) is 0 Å². The molecule has 0 bridgehead atoms. The summed E-state index contributed by atoms with van der Waals surface area (Å²) in [5, 5.41) is 0. The van der Waals surface area contributed by atoms with Crippen LogP contribution >= 0.6 is 0 Å². The molecule has 1 heterocycles. The van der Waals surface area contributed by atoms with Gasteiger partial charge in [-0.05, 0) is 50.4 Å². The molecule has 2 N–H and O–H groups in total. The Kier molecular flexibility index (Phi) is 6.88. The molecule has 0 saturated carbocycles. The van der Waals surface area contributed by atoms with E-state index < -0.39 is 0 Å². The highest BCUT2D eigenvalue weighted by atomic mass is 16.5. The lowest BCUT2D eigenvalue weighted by Gasteiger charge is -2.43. The molecule has 28 heavy (non-hydrogen) atoms. The maximum absolute atomic E-state index is 11.5. The first-order valence-corrected chi connectivity index (χ1v) is 10.0. The van der Waals surface area contributed by atoms with E-state index in [0.29, 0.717) is 12.3 Å². The number of ether oxygens (including phenoxy) is 1. The van der Waals surface area contributed by atoms with Gasteiger partial charge in [-0.2, -0.15) is 0 Å². The van der Waals surface area contributed by atoms with Crippen LogP contribution in [-0.2, 0) is 14.9 Å². The number of hydrogen-bond donors (Lipinski definition) is 1. The summed E-state index contributed by atoms with van der Waals surface area (Å²) in [6.45, 7) is 5.14. The molecular formula is C24H30N2O2. The topological polar surface area (TPSA) is 55.6 Å². The van der Waals surface area contributed by atoms with Crippen LogP contribution in [0.3, 0.4) is 0 Å². The molecule has 1 fully saturated rings. The number of nitrogens with two attached hydrogens (primary N) is 1. The van der Waals surface area contributed by atoms with Gasteiger partial charge in [0.1, 0.15) is 0 Å². The fraction of sp³-hybridized carbons (Fsp3) is 0.375. The predicted molar refractivity (Wildman–Crippen MR) is 113 cm³/mol. The monoisotopic (exact) mass is 378 g/mol. The summed E-state index contributed by atoms with van der Waals surface area (Å²) in [6, 6.07) is 21.8. The van der Waals surface area contributed by atoms with Crippen molar-refractivity contribution >= 4 is 5.97 Å². The van der Waals surface area contributed by atoms with E-state index in [9.17, 15) is 4.79 Å². The third-order valence-corrected chi connectivity index (χ3v) is 5.57. The Bertz CT molecular complexity index is 733. The minimum Gasteiger partial charge on any atom is -0.462 e. The van der Waals surface area contributed by atoms with Crippen molar-refractivity contribution in [3.8, 4) is 0 Å². The van der Waals surface area contributed by atoms with E-state index in [-0.39, 0.29) is 11.4 Å². The molecule has 0 aliphatic carbocycles. The number of rotatable bonds is 7. The maximum atomic E-state index is 11.5. The van der Waals surface area contributed by atoms with Crippen LogP contribution in [0.4, 0.5) is 0 Å². The normalized spacial score (nSPS) is 17.2. The number of piperidine rings is 1. The van der Waals surface area contributed by atoms with Crippen LogP contribution in [0.2, 0.25) is 0 Å². The molecule has 0 spiro atoms. The van der Waals surface area contributed by atoms with Gasteiger partial charge in [0.2, 0.25) is 0 Å². The van der Waals surface area contributed by atoms with Crippen molar-refractivity contribution in [1.82, 2.24) is 4.90 Å². The van der Waals surface area contributed by atoms with Gasteiger partial charge in [-0.1, -0.05) is 60.7 Å². The molecule has 2 aromatic carbocycles. The molecule has 1 aliphatic rings. The third kappa shape index (κ3) is 5.02. The van der Waals surface area contributed by atoms with Crippen molar-refractivity contribution in [2.45, 2.75) is 31.6 Å². The van der Waals surface area contributed by atoms with E-state index in [4.69, 9.17) is 10.5 Å². The number of hydrogen-bond acceptors (Lipinski definition) is 4. The van der Waals surface area contributed by atoms with Crippen LogP contribution in [0.25, 0.3) is 0 Å². The minimum absolute atomic E-state index is 0.0783. The highest BCUT2D eigenvalue weighted by Gasteiger charge is 2.37. The second-order valence-electron chi connectivity index (χ2n) is 7.57. The molecule has 2 aromatic rings. The molecule has 0 atom stereocenters. The lowest BCUT2D eigenvalue weighted by molar-refractivity contribution is -0.138. The van der Waals surface area contributed by atoms with E-state index in [1.807, 2.05) is 0 Å². The van der Waals surface area contributed by atoms with Crippen LogP contribution in [0.15, 0.2) is 72.4 Å². The predicted octanol–water partition coefficient (Wildman–Crippen LogP) is 3.86. The Hall–Kier alpha value is -2.59. The number of likely N-dealkylation sites (tertiary alicyclic amines) is 1. The summed E-state index contributed by atoms with van der Waals surface area (Å²) in [4.78, 5) is 14.0. The largest absolute Gasteiger partial charge is 0.462 e. The van der Waals surface area contributed by atoms with Crippen molar-refractivity contribution in [2.24, 2.45) is 5.73 Å². The zero-order chi connectivity index (χ0) is 19.8. The number of carbonyl (C=O) groups excluding carboxylic acids is 1. The minimum atomic E-state index is -0.356. The summed E-state index contributed by atoms with van der Waals surface area (Å²) in [5.74, 6) is -0.356. The van der Waals surface area contributed by atoms with Gasteiger partial charge >= 0.3 is 5.97 Å². The van der Waals surface area contributed by atoms with Crippen molar-refractivity contribution in [3.05, 3.63) is 83.6 Å². The lowest BCUT2D eigenvalue weighted by Crippen LogP contribution is -2.43. The molecular weight excluding hydrogens is 348 g/mol. The fourth-order valence-electron chi connectivity index (χ4n) is 4.11. The van der Waals surface area contributed by atoms with E-state index in [1.165, 1.54) is 17.2 Å². The third-order valence-electron chi connectivity index (χ3n) is 5.57. The van der Waals surface area contributed by atoms with Crippen molar-refractivity contribution in [3.63, 3.8) is 0 Å². The number of carbonyl (C=O) groups is 1. The number of allylic oxidation sites excluding steroid dienone is 1. The van der Waals surface area contributed by atoms with E-state index in [1.54, 1.807) is 6.92 Å². The van der Waals surface area contributed by atoms with E-state index in [2.05, 4.69) is 65.6 Å². The van der Waals surface area contributed by atoms with Gasteiger partial charge in [0, 0.05) is 23.7 Å². The van der Waals surface area contributed by atoms with Crippen LogP contribution in [-0.4, -0.2) is 37.1 Å². The molecule has 1 saturated heterocycles. The average Bonchev–Trinajstić information content (AvgIpc) is 2.72. The molecule has 3 rings (SSSR count). The van der Waals surface area contributed by atoms with Gasteiger partial charge < -0.3 is 15.4 Å². The van der Waals surface area contributed by atoms with Gasteiger partial charge in [-0.25, -0.2) is 4.79 Å². The zero-order valence-corrected chi connectivity index (χ0v) is 16.6. The highest BCUT2D eigenvalue weighted by molar-refractivity contribution is 5.82. The molecule has 4 heteroatoms. The Morgan fingerprint density at radius 3 is 2.07 bits per heavy atom. The Morgan fingerprint density at radius 2 is 1.57 bits per heavy atom. The van der Waals surface area contributed by atoms with Crippen molar-refractivity contribution in [1.29, 1.82) is 0 Å². The quantitative estimate of drug-likeness (QED) is 0.451. The van der Waals surface area contributed by atoms with Gasteiger partial charge in [0.25, 0.3) is 0 Å². The Balaban J connectivity index is 1.58. The molecule has 4 nitrogen and oxygen atoms in total. The standard InChI is InChI=1S/C24H30N2O2/c1-20(25)19-23(27)28-18-8-15-26-16-13-24(14-17-26,21-9-4-2-5-10-21)22-11-6-3-7-12-22/h2-7,9-12,19H,8,13-18,25H2,1H3. The first-order chi connectivity index (χ1) is 13.6. The Labute approximate surface area is 168 Å². The second kappa shape index (κ2) is 9.56. The number of benzene rings is 2. The highest BCUT2D eigenvalue weighted by Crippen LogP contribution is 2.41. The first kappa shape index (κ1) is 20.2. The fourth-order valence-corrected chi connectivity index (χ4v) is 4.11. The van der Waals surface area contributed by atoms with Crippen LogP contribution in [0, 0.1) is 0 Å². The summed E-state index contributed by atoms with van der Waals surface area (Å²) in [5.41, 5.74) is 8.84. The molecule has 148 valence electrons. The maximum Gasteiger partial charge on any atom is 0.332 e. The van der Waals surface area contributed by atoms with Crippen molar-refractivity contribution < 1.29 is 9.53 Å². The van der Waals surface area contributed by atoms with Gasteiger partial charge in [0.05, 0.1) is 6.61 Å². The SMILES string of the molecule is CC(N)=CC(=O)OCCCN1CCC(c2ccccc2)(c2ccccc2)CC1. The van der Waals surface area contributed by atoms with Crippen molar-refractivity contribution in [2.75, 3.05) is 26.2 Å². The van der Waals surface area contributed by atoms with Gasteiger partial charge in [-0.3, -0.25) is 0 Å². The van der Waals surface area contributed by atoms with E-state index >= 15 is 0 Å². The number of nitrogens with zero attached hydrogens (tertiary/aromatic N) is 1. The molecule has 0 amide bonds. The zero-order valence-electron chi connectivity index (χ0n) is 16.6. The Morgan fingerprint density at radius 1 is 1.04 bits per heavy atom. The average molecular weight is 379 g/mol. The van der Waals surface area contributed by atoms with E-state index in [0.717, 1.165) is 38.9 Å².